The maximum atomic E-state index is 2.58. The summed E-state index contributed by atoms with van der Waals surface area (Å²) in [5, 5.41) is 0. The second-order valence-corrected chi connectivity index (χ2v) is 6.81. The van der Waals surface area contributed by atoms with Gasteiger partial charge in [-0.1, -0.05) is 40.5 Å². The summed E-state index contributed by atoms with van der Waals surface area (Å²) in [6, 6.07) is 0. The molecule has 0 nitrogen and oxygen atoms in total. The standard InChI is InChI=1S/C15H28/c1-11(2)13-8-9-15(4)12(3)6-5-7-14(15)10-13/h11-14H,5-10H2,1-4H3. The molecule has 2 aliphatic rings. The molecule has 0 amide bonds. The summed E-state index contributed by atoms with van der Waals surface area (Å²) in [5.41, 5.74) is 0.698. The van der Waals surface area contributed by atoms with Crippen molar-refractivity contribution >= 4 is 0 Å². The van der Waals surface area contributed by atoms with Gasteiger partial charge in [0.05, 0.1) is 0 Å². The Kier molecular flexibility index (Phi) is 3.14. The van der Waals surface area contributed by atoms with E-state index in [9.17, 15) is 0 Å². The van der Waals surface area contributed by atoms with E-state index >= 15 is 0 Å². The molecule has 2 fully saturated rings. The van der Waals surface area contributed by atoms with Crippen LogP contribution in [0.4, 0.5) is 0 Å². The first-order valence-electron chi connectivity index (χ1n) is 7.04. The lowest BCUT2D eigenvalue weighted by Gasteiger charge is -2.52. The Morgan fingerprint density at radius 2 is 1.87 bits per heavy atom. The van der Waals surface area contributed by atoms with E-state index in [0.717, 1.165) is 23.7 Å². The smallest absolute Gasteiger partial charge is 0.0272 e. The van der Waals surface area contributed by atoms with Gasteiger partial charge in [0.1, 0.15) is 0 Å². The van der Waals surface area contributed by atoms with E-state index in [1.54, 1.807) is 0 Å². The first kappa shape index (κ1) is 11.5. The van der Waals surface area contributed by atoms with Crippen LogP contribution >= 0.6 is 0 Å². The largest absolute Gasteiger partial charge is 0.0625 e. The van der Waals surface area contributed by atoms with Gasteiger partial charge in [-0.3, -0.25) is 0 Å². The zero-order chi connectivity index (χ0) is 11.1. The lowest BCUT2D eigenvalue weighted by Crippen LogP contribution is -2.42. The van der Waals surface area contributed by atoms with Crippen LogP contribution in [0.25, 0.3) is 0 Å². The van der Waals surface area contributed by atoms with Crippen molar-refractivity contribution in [1.82, 2.24) is 0 Å². The summed E-state index contributed by atoms with van der Waals surface area (Å²) in [4.78, 5) is 0. The normalized spacial score (nSPS) is 46.6. The Balaban J connectivity index is 2.08. The Morgan fingerprint density at radius 1 is 1.13 bits per heavy atom. The Morgan fingerprint density at radius 3 is 2.53 bits per heavy atom. The summed E-state index contributed by atoms with van der Waals surface area (Å²) in [6.45, 7) is 9.92. The highest BCUT2D eigenvalue weighted by Gasteiger charge is 2.45. The monoisotopic (exact) mass is 208 g/mol. The maximum absolute atomic E-state index is 2.58. The summed E-state index contributed by atoms with van der Waals surface area (Å²) in [5.74, 6) is 3.95. The summed E-state index contributed by atoms with van der Waals surface area (Å²) in [6.07, 6.45) is 9.02. The van der Waals surface area contributed by atoms with E-state index in [0.29, 0.717) is 5.41 Å². The highest BCUT2D eigenvalue weighted by Crippen LogP contribution is 2.55. The zero-order valence-electron chi connectivity index (χ0n) is 11.1. The minimum Gasteiger partial charge on any atom is -0.0625 e. The Labute approximate surface area is 95.8 Å². The van der Waals surface area contributed by atoms with E-state index in [2.05, 4.69) is 27.7 Å². The molecule has 0 N–H and O–H groups in total. The van der Waals surface area contributed by atoms with Crippen molar-refractivity contribution in [3.05, 3.63) is 0 Å². The SMILES string of the molecule is CC(C)C1CCC2(C)C(C)CCCC2C1. The summed E-state index contributed by atoms with van der Waals surface area (Å²) >= 11 is 0. The maximum Gasteiger partial charge on any atom is -0.0272 e. The lowest BCUT2D eigenvalue weighted by atomic mass is 9.53. The Bertz CT molecular complexity index is 218. The molecule has 4 unspecified atom stereocenters. The van der Waals surface area contributed by atoms with Crippen LogP contribution in [-0.4, -0.2) is 0 Å². The molecule has 0 aromatic heterocycles. The average Bonchev–Trinajstić information content (AvgIpc) is 2.19. The van der Waals surface area contributed by atoms with Gasteiger partial charge in [0.2, 0.25) is 0 Å². The van der Waals surface area contributed by atoms with Crippen molar-refractivity contribution in [2.45, 2.75) is 66.2 Å². The van der Waals surface area contributed by atoms with Gasteiger partial charge in [-0.15, -0.1) is 0 Å². The van der Waals surface area contributed by atoms with Crippen LogP contribution in [0.15, 0.2) is 0 Å². The molecule has 0 radical (unpaired) electrons. The third-order valence-corrected chi connectivity index (χ3v) is 5.83. The lowest BCUT2D eigenvalue weighted by molar-refractivity contribution is -0.0185. The minimum absolute atomic E-state index is 0.698. The molecule has 2 rings (SSSR count). The molecule has 0 aromatic rings. The van der Waals surface area contributed by atoms with Crippen molar-refractivity contribution in [1.29, 1.82) is 0 Å². The number of hydrogen-bond donors (Lipinski definition) is 0. The molecule has 0 saturated heterocycles. The van der Waals surface area contributed by atoms with Gasteiger partial charge in [0, 0.05) is 0 Å². The van der Waals surface area contributed by atoms with Crippen molar-refractivity contribution in [2.24, 2.45) is 29.1 Å². The molecule has 4 atom stereocenters. The second-order valence-electron chi connectivity index (χ2n) is 6.81. The molecule has 2 saturated carbocycles. The molecular weight excluding hydrogens is 180 g/mol. The summed E-state index contributed by atoms with van der Waals surface area (Å²) < 4.78 is 0. The molecule has 0 spiro atoms. The highest BCUT2D eigenvalue weighted by molar-refractivity contribution is 4.95. The first-order valence-corrected chi connectivity index (χ1v) is 7.04. The fourth-order valence-corrected chi connectivity index (χ4v) is 4.16. The molecule has 0 aliphatic heterocycles. The van der Waals surface area contributed by atoms with Crippen LogP contribution in [0.2, 0.25) is 0 Å². The van der Waals surface area contributed by atoms with Gasteiger partial charge in [-0.05, 0) is 54.8 Å². The second kappa shape index (κ2) is 4.11. The molecule has 88 valence electrons. The van der Waals surface area contributed by atoms with E-state index in [-0.39, 0.29) is 0 Å². The van der Waals surface area contributed by atoms with Gasteiger partial charge >= 0.3 is 0 Å². The van der Waals surface area contributed by atoms with Gasteiger partial charge in [-0.25, -0.2) is 0 Å². The van der Waals surface area contributed by atoms with E-state index in [1.807, 2.05) is 0 Å². The number of fused-ring (bicyclic) bond motifs is 1. The van der Waals surface area contributed by atoms with Crippen LogP contribution in [0.5, 0.6) is 0 Å². The minimum atomic E-state index is 0.698. The van der Waals surface area contributed by atoms with E-state index in [4.69, 9.17) is 0 Å². The van der Waals surface area contributed by atoms with Crippen LogP contribution in [0.3, 0.4) is 0 Å². The average molecular weight is 208 g/mol. The van der Waals surface area contributed by atoms with E-state index in [1.165, 1.54) is 38.5 Å². The predicted octanol–water partition coefficient (Wildman–Crippen LogP) is 4.89. The molecule has 0 heterocycles. The molecule has 2 aliphatic carbocycles. The van der Waals surface area contributed by atoms with Gasteiger partial charge in [-0.2, -0.15) is 0 Å². The van der Waals surface area contributed by atoms with Crippen LogP contribution in [0.1, 0.15) is 66.2 Å². The van der Waals surface area contributed by atoms with Crippen LogP contribution < -0.4 is 0 Å². The summed E-state index contributed by atoms with van der Waals surface area (Å²) in [7, 11) is 0. The quantitative estimate of drug-likeness (QED) is 0.576. The first-order chi connectivity index (χ1) is 7.04. The van der Waals surface area contributed by atoms with Crippen LogP contribution in [-0.2, 0) is 0 Å². The number of hydrogen-bond acceptors (Lipinski definition) is 0. The molecular formula is C15H28. The van der Waals surface area contributed by atoms with Gasteiger partial charge in [0.15, 0.2) is 0 Å². The topological polar surface area (TPSA) is 0 Å². The fourth-order valence-electron chi connectivity index (χ4n) is 4.16. The fraction of sp³-hybridized carbons (Fsp3) is 1.00. The van der Waals surface area contributed by atoms with Crippen molar-refractivity contribution in [2.75, 3.05) is 0 Å². The molecule has 0 aromatic carbocycles. The third kappa shape index (κ3) is 1.97. The molecule has 0 heteroatoms. The highest BCUT2D eigenvalue weighted by atomic mass is 14.5. The van der Waals surface area contributed by atoms with Crippen molar-refractivity contribution in [3.8, 4) is 0 Å². The van der Waals surface area contributed by atoms with Gasteiger partial charge in [0.25, 0.3) is 0 Å². The Hall–Kier alpha value is 0. The zero-order valence-corrected chi connectivity index (χ0v) is 11.1. The molecule has 15 heavy (non-hydrogen) atoms. The number of rotatable bonds is 1. The van der Waals surface area contributed by atoms with E-state index < -0.39 is 0 Å². The van der Waals surface area contributed by atoms with Gasteiger partial charge < -0.3 is 0 Å². The van der Waals surface area contributed by atoms with Crippen molar-refractivity contribution < 1.29 is 0 Å². The third-order valence-electron chi connectivity index (χ3n) is 5.83. The molecule has 0 bridgehead atoms. The van der Waals surface area contributed by atoms with Crippen LogP contribution in [0, 0.1) is 29.1 Å². The van der Waals surface area contributed by atoms with Crippen molar-refractivity contribution in [3.63, 3.8) is 0 Å². The predicted molar refractivity (Wildman–Crippen MR) is 66.8 cm³/mol.